The van der Waals surface area contributed by atoms with Gasteiger partial charge in [-0.25, -0.2) is 0 Å². The van der Waals surface area contributed by atoms with Crippen LogP contribution in [0.25, 0.3) is 0 Å². The minimum Gasteiger partial charge on any atom is -0.309 e. The van der Waals surface area contributed by atoms with Crippen LogP contribution in [0, 0.1) is 5.92 Å². The van der Waals surface area contributed by atoms with E-state index < -0.39 is 0 Å². The van der Waals surface area contributed by atoms with Gasteiger partial charge in [0, 0.05) is 12.2 Å². The number of hydrogen-bond acceptors (Lipinski definition) is 2. The van der Waals surface area contributed by atoms with Gasteiger partial charge in [-0.3, -0.25) is 4.98 Å². The highest BCUT2D eigenvalue weighted by molar-refractivity contribution is 5.08. The molecule has 0 saturated carbocycles. The molecule has 0 bridgehead atoms. The zero-order chi connectivity index (χ0) is 11.8. The Morgan fingerprint density at radius 3 is 2.62 bits per heavy atom. The Morgan fingerprint density at radius 1 is 1.25 bits per heavy atom. The molecule has 0 radical (unpaired) electrons. The van der Waals surface area contributed by atoms with Crippen LogP contribution in [0.15, 0.2) is 24.4 Å². The Hall–Kier alpha value is -0.890. The maximum Gasteiger partial charge on any atom is 0.0573 e. The van der Waals surface area contributed by atoms with Crippen LogP contribution in [0.5, 0.6) is 0 Å². The highest BCUT2D eigenvalue weighted by Gasteiger charge is 2.11. The molecule has 0 saturated heterocycles. The minimum absolute atomic E-state index is 0.420. The Balaban J connectivity index is 2.56. The molecule has 0 aromatic carbocycles. The molecule has 2 nitrogen and oxygen atoms in total. The normalized spacial score (nSPS) is 13.0. The van der Waals surface area contributed by atoms with Crippen molar-refractivity contribution in [3.63, 3.8) is 0 Å². The topological polar surface area (TPSA) is 24.9 Å². The molecule has 1 unspecified atom stereocenters. The van der Waals surface area contributed by atoms with Gasteiger partial charge in [0.15, 0.2) is 0 Å². The molecule has 2 heteroatoms. The molecule has 0 spiro atoms. The van der Waals surface area contributed by atoms with Gasteiger partial charge >= 0.3 is 0 Å². The van der Waals surface area contributed by atoms with E-state index in [-0.39, 0.29) is 0 Å². The molecule has 1 N–H and O–H groups in total. The number of rotatable bonds is 7. The zero-order valence-electron chi connectivity index (χ0n) is 10.7. The first-order chi connectivity index (χ1) is 7.74. The molecule has 1 aromatic heterocycles. The maximum absolute atomic E-state index is 4.45. The van der Waals surface area contributed by atoms with Crippen molar-refractivity contribution in [3.05, 3.63) is 30.1 Å². The maximum atomic E-state index is 4.45. The SMILES string of the molecule is CCCNC(CCC(C)C)c1ccccn1. The second-order valence-electron chi connectivity index (χ2n) is 4.73. The van der Waals surface area contributed by atoms with Crippen LogP contribution in [0.4, 0.5) is 0 Å². The molecule has 1 rings (SSSR count). The van der Waals surface area contributed by atoms with Crippen molar-refractivity contribution in [2.45, 2.75) is 46.1 Å². The Morgan fingerprint density at radius 2 is 2.06 bits per heavy atom. The second-order valence-corrected chi connectivity index (χ2v) is 4.73. The van der Waals surface area contributed by atoms with E-state index in [2.05, 4.69) is 43.2 Å². The summed E-state index contributed by atoms with van der Waals surface area (Å²) in [6.45, 7) is 7.81. The van der Waals surface area contributed by atoms with Crippen molar-refractivity contribution >= 4 is 0 Å². The molecule has 0 aliphatic rings. The first-order valence-electron chi connectivity index (χ1n) is 6.38. The lowest BCUT2D eigenvalue weighted by atomic mass is 10.0. The van der Waals surface area contributed by atoms with Crippen molar-refractivity contribution in [1.82, 2.24) is 10.3 Å². The summed E-state index contributed by atoms with van der Waals surface area (Å²) in [6.07, 6.45) is 5.48. The average molecular weight is 220 g/mol. The van der Waals surface area contributed by atoms with E-state index in [0.717, 1.165) is 12.5 Å². The quantitative estimate of drug-likeness (QED) is 0.760. The predicted molar refractivity (Wildman–Crippen MR) is 69.3 cm³/mol. The molecule has 0 aliphatic heterocycles. The summed E-state index contributed by atoms with van der Waals surface area (Å²) in [4.78, 5) is 4.45. The highest BCUT2D eigenvalue weighted by atomic mass is 14.9. The third kappa shape index (κ3) is 4.75. The van der Waals surface area contributed by atoms with Gasteiger partial charge in [0.25, 0.3) is 0 Å². The molecule has 1 atom stereocenters. The van der Waals surface area contributed by atoms with Crippen LogP contribution in [-0.4, -0.2) is 11.5 Å². The lowest BCUT2D eigenvalue weighted by Gasteiger charge is -2.18. The molecule has 1 heterocycles. The lowest BCUT2D eigenvalue weighted by Crippen LogP contribution is -2.23. The molecule has 0 amide bonds. The standard InChI is InChI=1S/C14H24N2/c1-4-10-15-14(9-8-12(2)3)13-7-5-6-11-16-13/h5-7,11-12,14-15H,4,8-10H2,1-3H3. The van der Waals surface area contributed by atoms with Crippen molar-refractivity contribution in [1.29, 1.82) is 0 Å². The van der Waals surface area contributed by atoms with Crippen LogP contribution >= 0.6 is 0 Å². The van der Waals surface area contributed by atoms with Gasteiger partial charge in [0.2, 0.25) is 0 Å². The van der Waals surface area contributed by atoms with E-state index in [4.69, 9.17) is 0 Å². The first-order valence-corrected chi connectivity index (χ1v) is 6.38. The van der Waals surface area contributed by atoms with Crippen molar-refractivity contribution in [2.24, 2.45) is 5.92 Å². The fourth-order valence-electron chi connectivity index (χ4n) is 1.76. The largest absolute Gasteiger partial charge is 0.309 e. The van der Waals surface area contributed by atoms with Gasteiger partial charge < -0.3 is 5.32 Å². The summed E-state index contributed by atoms with van der Waals surface area (Å²) in [6, 6.07) is 6.58. The molecule has 0 aliphatic carbocycles. The molecule has 1 aromatic rings. The average Bonchev–Trinajstić information content (AvgIpc) is 2.30. The van der Waals surface area contributed by atoms with E-state index in [0.29, 0.717) is 6.04 Å². The minimum atomic E-state index is 0.420. The summed E-state index contributed by atoms with van der Waals surface area (Å²) in [5.74, 6) is 0.759. The number of hydrogen-bond donors (Lipinski definition) is 1. The number of pyridine rings is 1. The molecule has 16 heavy (non-hydrogen) atoms. The summed E-state index contributed by atoms with van der Waals surface area (Å²) in [5, 5.41) is 3.58. The summed E-state index contributed by atoms with van der Waals surface area (Å²) in [5.41, 5.74) is 1.18. The van der Waals surface area contributed by atoms with E-state index in [1.165, 1.54) is 25.0 Å². The Kier molecular flexibility index (Phi) is 6.09. The second kappa shape index (κ2) is 7.39. The van der Waals surface area contributed by atoms with Crippen molar-refractivity contribution < 1.29 is 0 Å². The molecular weight excluding hydrogens is 196 g/mol. The van der Waals surface area contributed by atoms with Crippen LogP contribution in [0.1, 0.15) is 51.8 Å². The number of nitrogens with zero attached hydrogens (tertiary/aromatic N) is 1. The fraction of sp³-hybridized carbons (Fsp3) is 0.643. The van der Waals surface area contributed by atoms with Crippen LogP contribution in [0.2, 0.25) is 0 Å². The van der Waals surface area contributed by atoms with E-state index >= 15 is 0 Å². The van der Waals surface area contributed by atoms with Gasteiger partial charge in [-0.05, 0) is 43.9 Å². The third-order valence-corrected chi connectivity index (χ3v) is 2.72. The fourth-order valence-corrected chi connectivity index (χ4v) is 1.76. The monoisotopic (exact) mass is 220 g/mol. The van der Waals surface area contributed by atoms with Crippen LogP contribution < -0.4 is 5.32 Å². The van der Waals surface area contributed by atoms with E-state index in [1.54, 1.807) is 0 Å². The Bertz CT molecular complexity index is 269. The Labute approximate surface area is 99.5 Å². The smallest absolute Gasteiger partial charge is 0.0573 e. The summed E-state index contributed by atoms with van der Waals surface area (Å²) >= 11 is 0. The summed E-state index contributed by atoms with van der Waals surface area (Å²) < 4.78 is 0. The molecule has 0 fully saturated rings. The first kappa shape index (κ1) is 13.2. The number of nitrogens with one attached hydrogen (secondary N) is 1. The lowest BCUT2D eigenvalue weighted by molar-refractivity contribution is 0.434. The number of aromatic nitrogens is 1. The third-order valence-electron chi connectivity index (χ3n) is 2.72. The van der Waals surface area contributed by atoms with Crippen molar-refractivity contribution in [3.8, 4) is 0 Å². The van der Waals surface area contributed by atoms with E-state index in [9.17, 15) is 0 Å². The zero-order valence-corrected chi connectivity index (χ0v) is 10.7. The van der Waals surface area contributed by atoms with Crippen LogP contribution in [0.3, 0.4) is 0 Å². The van der Waals surface area contributed by atoms with Gasteiger partial charge in [-0.2, -0.15) is 0 Å². The van der Waals surface area contributed by atoms with Crippen LogP contribution in [-0.2, 0) is 0 Å². The predicted octanol–water partition coefficient (Wildman–Crippen LogP) is 3.56. The van der Waals surface area contributed by atoms with Gasteiger partial charge in [-0.1, -0.05) is 26.8 Å². The van der Waals surface area contributed by atoms with E-state index in [1.807, 2.05) is 12.3 Å². The van der Waals surface area contributed by atoms with Gasteiger partial charge in [0.1, 0.15) is 0 Å². The molecule has 90 valence electrons. The van der Waals surface area contributed by atoms with Gasteiger partial charge in [0.05, 0.1) is 5.69 Å². The van der Waals surface area contributed by atoms with Crippen molar-refractivity contribution in [2.75, 3.05) is 6.54 Å². The summed E-state index contributed by atoms with van der Waals surface area (Å²) in [7, 11) is 0. The molecular formula is C14H24N2. The van der Waals surface area contributed by atoms with Gasteiger partial charge in [-0.15, -0.1) is 0 Å². The highest BCUT2D eigenvalue weighted by Crippen LogP contribution is 2.18.